The number of rotatable bonds is 9. The van der Waals surface area contributed by atoms with Gasteiger partial charge in [0.25, 0.3) is 0 Å². The summed E-state index contributed by atoms with van der Waals surface area (Å²) in [5, 5.41) is 0. The van der Waals surface area contributed by atoms with E-state index in [2.05, 4.69) is 6.92 Å². The summed E-state index contributed by atoms with van der Waals surface area (Å²) < 4.78 is 13.2. The van der Waals surface area contributed by atoms with Gasteiger partial charge in [0.05, 0.1) is 0 Å². The summed E-state index contributed by atoms with van der Waals surface area (Å²) in [4.78, 5) is 19.2. The van der Waals surface area contributed by atoms with Crippen molar-refractivity contribution in [3.63, 3.8) is 0 Å². The molecule has 0 aliphatic heterocycles. The normalized spacial score (nSPS) is 13.7. The second-order valence-corrected chi connectivity index (χ2v) is 6.70. The molecule has 0 fully saturated rings. The molecular formula is C15H26NO3P. The Hall–Kier alpha value is -0.670. The molecule has 0 spiro atoms. The topological polar surface area (TPSA) is 60.8 Å². The van der Waals surface area contributed by atoms with Crippen molar-refractivity contribution < 1.29 is 14.4 Å². The third kappa shape index (κ3) is 5.76. The van der Waals surface area contributed by atoms with Crippen molar-refractivity contribution in [3.05, 3.63) is 35.9 Å². The van der Waals surface area contributed by atoms with Gasteiger partial charge >= 0.3 is 7.75 Å². The van der Waals surface area contributed by atoms with E-state index in [1.165, 1.54) is 4.67 Å². The van der Waals surface area contributed by atoms with Crippen molar-refractivity contribution in [2.75, 3.05) is 6.54 Å². The third-order valence-corrected chi connectivity index (χ3v) is 4.63. The van der Waals surface area contributed by atoms with Crippen molar-refractivity contribution >= 4 is 7.75 Å². The van der Waals surface area contributed by atoms with Crippen molar-refractivity contribution in [1.82, 2.24) is 4.67 Å². The molecule has 0 radical (unpaired) electrons. The van der Waals surface area contributed by atoms with Crippen LogP contribution in [0.15, 0.2) is 30.3 Å². The van der Waals surface area contributed by atoms with E-state index in [1.807, 2.05) is 37.3 Å². The van der Waals surface area contributed by atoms with Crippen LogP contribution in [-0.2, 0) is 11.0 Å². The van der Waals surface area contributed by atoms with Gasteiger partial charge in [-0.25, -0.2) is 9.24 Å². The molecule has 20 heavy (non-hydrogen) atoms. The first-order chi connectivity index (χ1) is 9.49. The fraction of sp³-hybridized carbons (Fsp3) is 0.600. The van der Waals surface area contributed by atoms with Crippen LogP contribution in [-0.4, -0.2) is 27.0 Å². The summed E-state index contributed by atoms with van der Waals surface area (Å²) in [6, 6.07) is 9.81. The zero-order chi connectivity index (χ0) is 15.0. The smallest absolute Gasteiger partial charge is 0.312 e. The van der Waals surface area contributed by atoms with Crippen LogP contribution in [0, 0.1) is 0 Å². The predicted molar refractivity (Wildman–Crippen MR) is 82.5 cm³/mol. The molecule has 0 bridgehead atoms. The minimum absolute atomic E-state index is 0.102. The van der Waals surface area contributed by atoms with E-state index in [0.717, 1.165) is 31.2 Å². The maximum Gasteiger partial charge on any atom is 0.403 e. The van der Waals surface area contributed by atoms with Gasteiger partial charge in [0.2, 0.25) is 0 Å². The first-order valence-corrected chi connectivity index (χ1v) is 8.92. The Bertz CT molecular complexity index is 418. The molecule has 1 unspecified atom stereocenters. The number of benzene rings is 1. The fourth-order valence-corrected chi connectivity index (χ4v) is 3.45. The second kappa shape index (κ2) is 8.58. The van der Waals surface area contributed by atoms with E-state index in [4.69, 9.17) is 0 Å². The summed E-state index contributed by atoms with van der Waals surface area (Å²) >= 11 is 0. The van der Waals surface area contributed by atoms with Gasteiger partial charge in [-0.1, -0.05) is 57.0 Å². The zero-order valence-electron chi connectivity index (χ0n) is 12.4. The van der Waals surface area contributed by atoms with Crippen LogP contribution in [0.4, 0.5) is 0 Å². The lowest BCUT2D eigenvalue weighted by atomic mass is 10.0. The first kappa shape index (κ1) is 17.4. The Kier molecular flexibility index (Phi) is 7.46. The molecule has 0 aliphatic rings. The molecule has 0 saturated heterocycles. The average Bonchev–Trinajstić information content (AvgIpc) is 2.39. The lowest BCUT2D eigenvalue weighted by molar-refractivity contribution is 0.214. The van der Waals surface area contributed by atoms with E-state index < -0.39 is 7.75 Å². The highest BCUT2D eigenvalue weighted by atomic mass is 31.2. The summed E-state index contributed by atoms with van der Waals surface area (Å²) in [5.41, 5.74) is 1.13. The molecule has 5 heteroatoms. The van der Waals surface area contributed by atoms with Crippen LogP contribution in [0.25, 0.3) is 0 Å². The quantitative estimate of drug-likeness (QED) is 0.684. The lowest BCUT2D eigenvalue weighted by Crippen LogP contribution is -2.35. The molecule has 1 atom stereocenters. The molecule has 0 aromatic heterocycles. The minimum atomic E-state index is -4.20. The molecule has 2 N–H and O–H groups in total. The molecule has 1 aromatic rings. The molecule has 0 heterocycles. The Morgan fingerprint density at radius 3 is 2.30 bits per heavy atom. The summed E-state index contributed by atoms with van der Waals surface area (Å²) in [7, 11) is -4.20. The number of nitrogens with zero attached hydrogens (tertiary/aromatic N) is 1. The highest BCUT2D eigenvalue weighted by Gasteiger charge is 2.31. The van der Waals surface area contributed by atoms with E-state index in [0.29, 0.717) is 13.0 Å². The molecule has 1 aromatic carbocycles. The van der Waals surface area contributed by atoms with E-state index in [9.17, 15) is 14.4 Å². The molecule has 0 aliphatic carbocycles. The van der Waals surface area contributed by atoms with Crippen LogP contribution in [0.2, 0.25) is 0 Å². The Morgan fingerprint density at radius 2 is 1.80 bits per heavy atom. The highest BCUT2D eigenvalue weighted by molar-refractivity contribution is 7.49. The van der Waals surface area contributed by atoms with Gasteiger partial charge in [0, 0.05) is 12.6 Å². The number of hydrogen-bond donors (Lipinski definition) is 2. The zero-order valence-corrected chi connectivity index (χ0v) is 13.3. The van der Waals surface area contributed by atoms with Gasteiger partial charge < -0.3 is 9.79 Å². The van der Waals surface area contributed by atoms with Crippen LogP contribution in [0.1, 0.15) is 45.1 Å². The summed E-state index contributed by atoms with van der Waals surface area (Å²) in [6.07, 6.45) is 4.13. The van der Waals surface area contributed by atoms with Crippen molar-refractivity contribution in [2.45, 2.75) is 52.0 Å². The number of unbranched alkanes of at least 4 members (excludes halogenated alkanes) is 1. The predicted octanol–water partition coefficient (Wildman–Crippen LogP) is 3.59. The molecule has 0 amide bonds. The fourth-order valence-electron chi connectivity index (χ4n) is 2.42. The van der Waals surface area contributed by atoms with Gasteiger partial charge in [0.15, 0.2) is 0 Å². The van der Waals surface area contributed by atoms with E-state index >= 15 is 0 Å². The van der Waals surface area contributed by atoms with Crippen LogP contribution in [0.5, 0.6) is 0 Å². The highest BCUT2D eigenvalue weighted by Crippen LogP contribution is 2.43. The van der Waals surface area contributed by atoms with E-state index in [1.54, 1.807) is 0 Å². The van der Waals surface area contributed by atoms with Gasteiger partial charge in [-0.15, -0.1) is 0 Å². The van der Waals surface area contributed by atoms with Gasteiger partial charge in [0.1, 0.15) is 0 Å². The average molecular weight is 299 g/mol. The molecular weight excluding hydrogens is 273 g/mol. The third-order valence-electron chi connectivity index (χ3n) is 3.43. The monoisotopic (exact) mass is 299 g/mol. The van der Waals surface area contributed by atoms with Gasteiger partial charge in [-0.05, 0) is 24.8 Å². The Morgan fingerprint density at radius 1 is 1.15 bits per heavy atom. The van der Waals surface area contributed by atoms with Crippen molar-refractivity contribution in [3.8, 4) is 0 Å². The largest absolute Gasteiger partial charge is 0.403 e. The van der Waals surface area contributed by atoms with Crippen LogP contribution >= 0.6 is 7.75 Å². The number of hydrogen-bond acceptors (Lipinski definition) is 1. The summed E-state index contributed by atoms with van der Waals surface area (Å²) in [6.45, 7) is 4.54. The Labute approximate surface area is 122 Å². The molecule has 0 saturated carbocycles. The SMILES string of the molecule is CCCCN(C(CCC)Cc1ccccc1)P(=O)(O)O. The van der Waals surface area contributed by atoms with Crippen molar-refractivity contribution in [1.29, 1.82) is 0 Å². The maximum absolute atomic E-state index is 11.8. The molecule has 114 valence electrons. The lowest BCUT2D eigenvalue weighted by Gasteiger charge is -2.31. The Balaban J connectivity index is 2.86. The molecule has 1 rings (SSSR count). The van der Waals surface area contributed by atoms with Crippen LogP contribution < -0.4 is 0 Å². The first-order valence-electron chi connectivity index (χ1n) is 7.35. The van der Waals surface area contributed by atoms with Gasteiger partial charge in [-0.2, -0.15) is 0 Å². The van der Waals surface area contributed by atoms with Crippen LogP contribution in [0.3, 0.4) is 0 Å². The standard InChI is InChI=1S/C15H26NO3P/c1-3-5-12-16(20(17,18)19)15(9-4-2)13-14-10-7-6-8-11-14/h6-8,10-11,15H,3-5,9,12-13H2,1-2H3,(H2,17,18,19). The van der Waals surface area contributed by atoms with Crippen molar-refractivity contribution in [2.24, 2.45) is 0 Å². The second-order valence-electron chi connectivity index (χ2n) is 5.16. The van der Waals surface area contributed by atoms with E-state index in [-0.39, 0.29) is 6.04 Å². The minimum Gasteiger partial charge on any atom is -0.312 e. The summed E-state index contributed by atoms with van der Waals surface area (Å²) in [5.74, 6) is 0. The maximum atomic E-state index is 11.8. The molecule has 4 nitrogen and oxygen atoms in total. The van der Waals surface area contributed by atoms with Gasteiger partial charge in [-0.3, -0.25) is 0 Å².